The maximum absolute atomic E-state index is 11.1. The summed E-state index contributed by atoms with van der Waals surface area (Å²) in [5.41, 5.74) is 1.72. The second kappa shape index (κ2) is 4.00. The summed E-state index contributed by atoms with van der Waals surface area (Å²) in [6.45, 7) is 4.18. The number of methoxy groups -OCH3 is 1. The van der Waals surface area contributed by atoms with Crippen molar-refractivity contribution in [3.63, 3.8) is 0 Å². The highest BCUT2D eigenvalue weighted by atomic mass is 16.5. The topological polar surface area (TPSA) is 31.2 Å². The largest absolute Gasteiger partial charge is 0.496 e. The van der Waals surface area contributed by atoms with Gasteiger partial charge in [-0.15, -0.1) is 0 Å². The smallest absolute Gasteiger partial charge is 0.152 e. The van der Waals surface area contributed by atoms with Gasteiger partial charge in [0.2, 0.25) is 0 Å². The van der Waals surface area contributed by atoms with Crippen LogP contribution in [-0.2, 0) is 0 Å². The van der Waals surface area contributed by atoms with Crippen molar-refractivity contribution in [2.45, 2.75) is 19.9 Å². The lowest BCUT2D eigenvalue weighted by atomic mass is 10.1. The number of hydrogen-bond acceptors (Lipinski definition) is 2. The molecule has 0 saturated carbocycles. The Morgan fingerprint density at radius 2 is 2.12 bits per heavy atom. The van der Waals surface area contributed by atoms with Crippen molar-refractivity contribution in [2.24, 2.45) is 0 Å². The predicted molar refractivity (Wildman–Crippen MR) is 64.3 cm³/mol. The van der Waals surface area contributed by atoms with Gasteiger partial charge in [0.25, 0.3) is 0 Å². The minimum Gasteiger partial charge on any atom is -0.496 e. The molecule has 16 heavy (non-hydrogen) atoms. The molecule has 84 valence electrons. The normalized spacial score (nSPS) is 11.0. The Balaban J connectivity index is 2.84. The van der Waals surface area contributed by atoms with Crippen LogP contribution in [0.1, 0.15) is 30.2 Å². The van der Waals surface area contributed by atoms with Crippen LogP contribution in [-0.4, -0.2) is 18.0 Å². The van der Waals surface area contributed by atoms with E-state index in [1.807, 2.05) is 24.4 Å². The molecule has 0 atom stereocenters. The van der Waals surface area contributed by atoms with Gasteiger partial charge in [0, 0.05) is 17.8 Å². The van der Waals surface area contributed by atoms with Gasteiger partial charge in [-0.05, 0) is 26.0 Å². The summed E-state index contributed by atoms with van der Waals surface area (Å²) in [6.07, 6.45) is 2.76. The van der Waals surface area contributed by atoms with Gasteiger partial charge in [-0.3, -0.25) is 4.79 Å². The van der Waals surface area contributed by atoms with Crippen LogP contribution in [0.25, 0.3) is 10.9 Å². The fourth-order valence-corrected chi connectivity index (χ4v) is 2.00. The Labute approximate surface area is 94.6 Å². The first kappa shape index (κ1) is 10.7. The molecule has 1 heterocycles. The maximum Gasteiger partial charge on any atom is 0.152 e. The van der Waals surface area contributed by atoms with Crippen LogP contribution in [0.15, 0.2) is 24.4 Å². The van der Waals surface area contributed by atoms with Crippen molar-refractivity contribution in [1.29, 1.82) is 0 Å². The summed E-state index contributed by atoms with van der Waals surface area (Å²) >= 11 is 0. The van der Waals surface area contributed by atoms with E-state index in [1.165, 1.54) is 0 Å². The molecule has 3 nitrogen and oxygen atoms in total. The Hall–Kier alpha value is -1.77. The van der Waals surface area contributed by atoms with E-state index in [9.17, 15) is 4.79 Å². The van der Waals surface area contributed by atoms with Crippen molar-refractivity contribution < 1.29 is 9.53 Å². The summed E-state index contributed by atoms with van der Waals surface area (Å²) < 4.78 is 7.38. The van der Waals surface area contributed by atoms with Crippen LogP contribution < -0.4 is 4.74 Å². The predicted octanol–water partition coefficient (Wildman–Crippen LogP) is 3.04. The molecular formula is C13H15NO2. The molecule has 0 radical (unpaired) electrons. The number of hydrogen-bond donors (Lipinski definition) is 0. The molecule has 0 spiro atoms. The number of aldehydes is 1. The van der Waals surface area contributed by atoms with Crippen LogP contribution in [0.2, 0.25) is 0 Å². The first-order chi connectivity index (χ1) is 7.69. The molecule has 0 fully saturated rings. The third-order valence-corrected chi connectivity index (χ3v) is 2.75. The van der Waals surface area contributed by atoms with Gasteiger partial charge < -0.3 is 9.30 Å². The molecule has 1 aromatic carbocycles. The number of nitrogens with zero attached hydrogens (tertiary/aromatic N) is 1. The number of fused-ring (bicyclic) bond motifs is 1. The Kier molecular flexibility index (Phi) is 2.69. The van der Waals surface area contributed by atoms with Gasteiger partial charge >= 0.3 is 0 Å². The maximum atomic E-state index is 11.1. The van der Waals surface area contributed by atoms with Crippen molar-refractivity contribution >= 4 is 17.2 Å². The van der Waals surface area contributed by atoms with E-state index in [4.69, 9.17) is 4.74 Å². The van der Waals surface area contributed by atoms with Gasteiger partial charge in [-0.1, -0.05) is 6.07 Å². The van der Waals surface area contributed by atoms with Crippen LogP contribution in [0.5, 0.6) is 5.75 Å². The molecule has 2 aromatic rings. The number of carbonyl (C=O) groups excluding carboxylic acids is 1. The van der Waals surface area contributed by atoms with Crippen molar-refractivity contribution in [3.05, 3.63) is 30.0 Å². The lowest BCUT2D eigenvalue weighted by molar-refractivity contribution is 0.112. The average Bonchev–Trinajstić information content (AvgIpc) is 2.67. The number of aromatic nitrogens is 1. The second-order valence-electron chi connectivity index (χ2n) is 4.06. The highest BCUT2D eigenvalue weighted by Crippen LogP contribution is 2.31. The molecule has 0 aliphatic carbocycles. The fraction of sp³-hybridized carbons (Fsp3) is 0.308. The van der Waals surface area contributed by atoms with Gasteiger partial charge in [0.05, 0.1) is 18.0 Å². The molecule has 0 saturated heterocycles. The van der Waals surface area contributed by atoms with Crippen LogP contribution in [0.3, 0.4) is 0 Å². The molecular weight excluding hydrogens is 202 g/mol. The zero-order chi connectivity index (χ0) is 11.7. The first-order valence-electron chi connectivity index (χ1n) is 5.31. The molecule has 3 heteroatoms. The van der Waals surface area contributed by atoms with E-state index in [0.29, 0.717) is 11.6 Å². The van der Waals surface area contributed by atoms with E-state index in [-0.39, 0.29) is 0 Å². The Morgan fingerprint density at radius 1 is 1.38 bits per heavy atom. The zero-order valence-corrected chi connectivity index (χ0v) is 9.73. The first-order valence-corrected chi connectivity index (χ1v) is 5.31. The third kappa shape index (κ3) is 1.48. The zero-order valence-electron chi connectivity index (χ0n) is 9.73. The van der Waals surface area contributed by atoms with E-state index in [2.05, 4.69) is 18.4 Å². The summed E-state index contributed by atoms with van der Waals surface area (Å²) in [7, 11) is 1.62. The number of rotatable bonds is 3. The number of benzene rings is 1. The number of ether oxygens (including phenoxy) is 1. The lowest BCUT2D eigenvalue weighted by Crippen LogP contribution is -1.97. The third-order valence-electron chi connectivity index (χ3n) is 2.75. The van der Waals surface area contributed by atoms with Gasteiger partial charge in [-0.2, -0.15) is 0 Å². The van der Waals surface area contributed by atoms with E-state index in [0.717, 1.165) is 22.9 Å². The molecule has 2 rings (SSSR count). The molecule has 0 aliphatic heterocycles. The van der Waals surface area contributed by atoms with Crippen LogP contribution in [0.4, 0.5) is 0 Å². The second-order valence-corrected chi connectivity index (χ2v) is 4.06. The monoisotopic (exact) mass is 217 g/mol. The summed E-state index contributed by atoms with van der Waals surface area (Å²) in [4.78, 5) is 11.1. The summed E-state index contributed by atoms with van der Waals surface area (Å²) in [5, 5.41) is 0.897. The van der Waals surface area contributed by atoms with E-state index < -0.39 is 0 Å². The number of carbonyl (C=O) groups is 1. The van der Waals surface area contributed by atoms with Crippen LogP contribution in [0, 0.1) is 0 Å². The van der Waals surface area contributed by atoms with Gasteiger partial charge in [-0.25, -0.2) is 0 Å². The Morgan fingerprint density at radius 3 is 2.69 bits per heavy atom. The lowest BCUT2D eigenvalue weighted by Gasteiger charge is -2.09. The quantitative estimate of drug-likeness (QED) is 0.740. The Bertz CT molecular complexity index is 526. The molecule has 0 amide bonds. The minimum atomic E-state index is 0.323. The van der Waals surface area contributed by atoms with Crippen molar-refractivity contribution in [2.75, 3.05) is 7.11 Å². The van der Waals surface area contributed by atoms with E-state index >= 15 is 0 Å². The van der Waals surface area contributed by atoms with E-state index in [1.54, 1.807) is 7.11 Å². The standard InChI is InChI=1S/C13H15NO2/c1-9(2)14-7-10(8-15)13-11(14)5-4-6-12(13)16-3/h4-9H,1-3H3. The summed E-state index contributed by atoms with van der Waals surface area (Å²) in [6, 6.07) is 6.14. The highest BCUT2D eigenvalue weighted by molar-refractivity contribution is 6.01. The highest BCUT2D eigenvalue weighted by Gasteiger charge is 2.13. The molecule has 1 aromatic heterocycles. The molecule has 0 aliphatic rings. The van der Waals surface area contributed by atoms with Crippen LogP contribution >= 0.6 is 0 Å². The van der Waals surface area contributed by atoms with Crippen molar-refractivity contribution in [3.8, 4) is 5.75 Å². The molecule has 0 N–H and O–H groups in total. The van der Waals surface area contributed by atoms with Crippen molar-refractivity contribution in [1.82, 2.24) is 4.57 Å². The van der Waals surface area contributed by atoms with Gasteiger partial charge in [0.1, 0.15) is 5.75 Å². The average molecular weight is 217 g/mol. The molecule has 0 bridgehead atoms. The summed E-state index contributed by atoms with van der Waals surface area (Å²) in [5.74, 6) is 0.749. The SMILES string of the molecule is COc1cccc2c1c(C=O)cn2C(C)C. The molecule has 0 unspecified atom stereocenters. The minimum absolute atomic E-state index is 0.323. The van der Waals surface area contributed by atoms with Gasteiger partial charge in [0.15, 0.2) is 6.29 Å². The fourth-order valence-electron chi connectivity index (χ4n) is 2.00.